The highest BCUT2D eigenvalue weighted by Gasteiger charge is 2.38. The second-order valence-electron chi connectivity index (χ2n) is 6.94. The predicted octanol–water partition coefficient (Wildman–Crippen LogP) is 2.23. The molecule has 0 saturated carbocycles. The number of methoxy groups -OCH3 is 1. The van der Waals surface area contributed by atoms with E-state index in [0.717, 1.165) is 23.9 Å². The van der Waals surface area contributed by atoms with Crippen LogP contribution in [-0.4, -0.2) is 50.4 Å². The third-order valence-corrected chi connectivity index (χ3v) is 7.78. The zero-order valence-electron chi connectivity index (χ0n) is 17.2. The number of benzene rings is 2. The number of hydrogen-bond donors (Lipinski definition) is 3. The molecule has 8 nitrogen and oxygen atoms in total. The maximum absolute atomic E-state index is 12.8. The van der Waals surface area contributed by atoms with Crippen molar-refractivity contribution in [2.24, 2.45) is 0 Å². The Morgan fingerprint density at radius 3 is 2.52 bits per heavy atom. The van der Waals surface area contributed by atoms with E-state index in [4.69, 9.17) is 4.74 Å². The minimum atomic E-state index is -4.53. The van der Waals surface area contributed by atoms with Crippen molar-refractivity contribution in [1.82, 2.24) is 10.6 Å². The maximum atomic E-state index is 12.8. The van der Waals surface area contributed by atoms with Gasteiger partial charge in [0.2, 0.25) is 11.8 Å². The molecule has 1 aliphatic rings. The average Bonchev–Trinajstić information content (AvgIpc) is 2.77. The van der Waals surface area contributed by atoms with E-state index in [2.05, 4.69) is 16.0 Å². The molecule has 1 saturated heterocycles. The first kappa shape index (κ1) is 24.9. The van der Waals surface area contributed by atoms with Gasteiger partial charge in [0.25, 0.3) is 0 Å². The summed E-state index contributed by atoms with van der Waals surface area (Å²) in [6.45, 7) is -0.174. The van der Waals surface area contributed by atoms with Crippen molar-refractivity contribution in [2.45, 2.75) is 21.8 Å². The minimum Gasteiger partial charge on any atom is -0.497 e. The molecule has 0 aromatic heterocycles. The number of carbonyl (C=O) groups is 2. The molecule has 1 aliphatic heterocycles. The molecule has 2 amide bonds. The lowest BCUT2D eigenvalue weighted by molar-refractivity contribution is -0.137. The lowest BCUT2D eigenvalue weighted by Gasteiger charge is -2.29. The highest BCUT2D eigenvalue weighted by molar-refractivity contribution is 8.00. The van der Waals surface area contributed by atoms with Gasteiger partial charge in [-0.2, -0.15) is 13.2 Å². The molecule has 1 fully saturated rings. The lowest BCUT2D eigenvalue weighted by Crippen LogP contribution is -2.59. The molecule has 13 heteroatoms. The van der Waals surface area contributed by atoms with Crippen LogP contribution in [0.2, 0.25) is 0 Å². The third kappa shape index (κ3) is 6.18. The van der Waals surface area contributed by atoms with Crippen LogP contribution in [0.3, 0.4) is 0 Å². The third-order valence-electron chi connectivity index (χ3n) is 4.67. The van der Waals surface area contributed by atoms with Crippen LogP contribution in [0.1, 0.15) is 5.56 Å². The summed E-state index contributed by atoms with van der Waals surface area (Å²) in [5.41, 5.74) is -1.65. The Bertz CT molecular complexity index is 1120. The van der Waals surface area contributed by atoms with Crippen LogP contribution in [0.4, 0.5) is 18.9 Å². The van der Waals surface area contributed by atoms with E-state index in [1.807, 2.05) is 0 Å². The van der Waals surface area contributed by atoms with Crippen molar-refractivity contribution in [3.8, 4) is 5.75 Å². The van der Waals surface area contributed by atoms with E-state index in [9.17, 15) is 31.2 Å². The van der Waals surface area contributed by atoms with E-state index >= 15 is 0 Å². The van der Waals surface area contributed by atoms with Crippen LogP contribution >= 0.6 is 11.8 Å². The number of alkyl halides is 3. The Morgan fingerprint density at radius 2 is 1.91 bits per heavy atom. The summed E-state index contributed by atoms with van der Waals surface area (Å²) in [4.78, 5) is 24.5. The van der Waals surface area contributed by atoms with Crippen LogP contribution in [-0.2, 0) is 25.6 Å². The van der Waals surface area contributed by atoms with Crippen LogP contribution in [0.5, 0.6) is 5.75 Å². The van der Waals surface area contributed by atoms with Gasteiger partial charge >= 0.3 is 6.18 Å². The minimum absolute atomic E-state index is 0.0123. The molecule has 2 atom stereocenters. The Morgan fingerprint density at radius 1 is 1.21 bits per heavy atom. The van der Waals surface area contributed by atoms with E-state index in [1.54, 1.807) is 0 Å². The first-order valence-corrected chi connectivity index (χ1v) is 12.1. The quantitative estimate of drug-likeness (QED) is 0.531. The largest absolute Gasteiger partial charge is 0.497 e. The number of halogens is 3. The molecule has 0 bridgehead atoms. The maximum Gasteiger partial charge on any atom is 0.416 e. The highest BCUT2D eigenvalue weighted by atomic mass is 32.2. The van der Waals surface area contributed by atoms with Gasteiger partial charge in [-0.05, 0) is 42.5 Å². The van der Waals surface area contributed by atoms with E-state index < -0.39 is 44.1 Å². The number of hydrogen-bond acceptors (Lipinski definition) is 7. The average molecular weight is 504 g/mol. The fraction of sp³-hybridized carbons (Fsp3) is 0.300. The molecule has 3 rings (SSSR count). The summed E-state index contributed by atoms with van der Waals surface area (Å²) in [7, 11) is -2.51. The predicted molar refractivity (Wildman–Crippen MR) is 116 cm³/mol. The molecule has 3 N–H and O–H groups in total. The second kappa shape index (κ2) is 10.0. The van der Waals surface area contributed by atoms with Gasteiger partial charge in [-0.1, -0.05) is 6.07 Å². The molecule has 2 aromatic carbocycles. The Labute approximate surface area is 192 Å². The topological polar surface area (TPSA) is 114 Å². The van der Waals surface area contributed by atoms with Crippen LogP contribution in [0, 0.1) is 0 Å². The van der Waals surface area contributed by atoms with Crippen molar-refractivity contribution >= 4 is 39.1 Å². The van der Waals surface area contributed by atoms with Gasteiger partial charge in [0, 0.05) is 12.2 Å². The zero-order valence-corrected chi connectivity index (χ0v) is 18.8. The highest BCUT2D eigenvalue weighted by Crippen LogP contribution is 2.30. The first-order valence-electron chi connectivity index (χ1n) is 9.51. The monoisotopic (exact) mass is 503 g/mol. The van der Waals surface area contributed by atoms with Gasteiger partial charge in [-0.15, -0.1) is 11.8 Å². The number of amides is 2. The lowest BCUT2D eigenvalue weighted by atomic mass is 10.2. The molecule has 0 spiro atoms. The van der Waals surface area contributed by atoms with Crippen molar-refractivity contribution < 1.29 is 35.9 Å². The zero-order chi connectivity index (χ0) is 24.2. The number of anilines is 1. The summed E-state index contributed by atoms with van der Waals surface area (Å²) in [5, 5.41) is 6.34. The smallest absolute Gasteiger partial charge is 0.416 e. The number of carbonyl (C=O) groups excluding carboxylic acids is 2. The summed E-state index contributed by atoms with van der Waals surface area (Å²) in [6.07, 6.45) is -4.53. The van der Waals surface area contributed by atoms with Gasteiger partial charge in [0.1, 0.15) is 11.2 Å². The van der Waals surface area contributed by atoms with Gasteiger partial charge in [0.05, 0.1) is 23.3 Å². The molecular formula is C20H20F3N3O5S2. The number of thioether (sulfide) groups is 1. The van der Waals surface area contributed by atoms with Gasteiger partial charge in [-0.3, -0.25) is 14.9 Å². The fourth-order valence-electron chi connectivity index (χ4n) is 2.99. The number of ether oxygens (including phenoxy) is 1. The number of rotatable bonds is 7. The normalized spacial score (nSPS) is 19.0. The van der Waals surface area contributed by atoms with E-state index in [1.165, 1.54) is 43.5 Å². The molecule has 33 heavy (non-hydrogen) atoms. The molecule has 0 aliphatic carbocycles. The molecule has 178 valence electrons. The van der Waals surface area contributed by atoms with E-state index in [0.29, 0.717) is 5.75 Å². The van der Waals surface area contributed by atoms with Gasteiger partial charge < -0.3 is 15.4 Å². The second-order valence-corrected chi connectivity index (χ2v) is 10.2. The van der Waals surface area contributed by atoms with Gasteiger partial charge in [0.15, 0.2) is 15.1 Å². The molecule has 2 aromatic rings. The standard InChI is InChI=1S/C20H20F3N3O5S2/c1-31-14-5-7-15(8-6-14)33(29,30)16-10-24-19(26-18(16)28)32-11-17(27)25-13-4-2-3-12(9-13)20(21,22)23/h2-9,16,19,24H,10-11H2,1H3,(H,25,27)(H,26,28). The summed E-state index contributed by atoms with van der Waals surface area (Å²) < 4.78 is 68.9. The molecule has 0 radical (unpaired) electrons. The van der Waals surface area contributed by atoms with E-state index in [-0.39, 0.29) is 22.9 Å². The van der Waals surface area contributed by atoms with Crippen LogP contribution < -0.4 is 20.7 Å². The summed E-state index contributed by atoms with van der Waals surface area (Å²) >= 11 is 0.963. The summed E-state index contributed by atoms with van der Waals surface area (Å²) in [5.74, 6) is -1.02. The number of nitrogens with one attached hydrogen (secondary N) is 3. The SMILES string of the molecule is COc1ccc(S(=O)(=O)C2CNC(SCC(=O)Nc3cccc(C(F)(F)F)c3)NC2=O)cc1. The number of sulfone groups is 1. The van der Waals surface area contributed by atoms with Crippen LogP contribution in [0.25, 0.3) is 0 Å². The first-order chi connectivity index (χ1) is 15.5. The van der Waals surface area contributed by atoms with Gasteiger partial charge in [-0.25, -0.2) is 8.42 Å². The van der Waals surface area contributed by atoms with Crippen LogP contribution in [0.15, 0.2) is 53.4 Å². The molecule has 2 unspecified atom stereocenters. The van der Waals surface area contributed by atoms with Crippen molar-refractivity contribution in [3.63, 3.8) is 0 Å². The van der Waals surface area contributed by atoms with Crippen molar-refractivity contribution in [3.05, 3.63) is 54.1 Å². The van der Waals surface area contributed by atoms with Crippen molar-refractivity contribution in [2.75, 3.05) is 24.7 Å². The van der Waals surface area contributed by atoms with Crippen molar-refractivity contribution in [1.29, 1.82) is 0 Å². The summed E-state index contributed by atoms with van der Waals surface area (Å²) in [6, 6.07) is 9.86. The fourth-order valence-corrected chi connectivity index (χ4v) is 5.30. The molecule has 1 heterocycles. The Hall–Kier alpha value is -2.77. The molecular weight excluding hydrogens is 483 g/mol. The Kier molecular flexibility index (Phi) is 7.55. The Balaban J connectivity index is 1.54.